The van der Waals surface area contributed by atoms with Crippen LogP contribution in [0, 0.1) is 0 Å². The Labute approximate surface area is 193 Å². The molecule has 0 atom stereocenters. The van der Waals surface area contributed by atoms with E-state index in [2.05, 4.69) is 120 Å². The third kappa shape index (κ3) is 2.79. The average molecular weight is 422 g/mol. The molecule has 0 fully saturated rings. The molecule has 0 radical (unpaired) electrons. The maximum Gasteiger partial charge on any atom is 0.0576 e. The van der Waals surface area contributed by atoms with E-state index in [1.54, 1.807) is 0 Å². The highest BCUT2D eigenvalue weighted by atomic mass is 15.0. The van der Waals surface area contributed by atoms with Gasteiger partial charge in [0.1, 0.15) is 0 Å². The Morgan fingerprint density at radius 1 is 0.424 bits per heavy atom. The number of fused-ring (bicyclic) bond motifs is 8. The minimum absolute atomic E-state index is 1.03. The fourth-order valence-corrected chi connectivity index (χ4v) is 5.65. The van der Waals surface area contributed by atoms with E-state index in [4.69, 9.17) is 0 Å². The molecule has 1 nitrogen and oxygen atoms in total. The van der Waals surface area contributed by atoms with Gasteiger partial charge in [-0.25, -0.2) is 0 Å². The summed E-state index contributed by atoms with van der Waals surface area (Å²) in [6.07, 6.45) is 2.14. The summed E-state index contributed by atoms with van der Waals surface area (Å²) in [6.45, 7) is 0. The average Bonchev–Trinajstić information content (AvgIpc) is 3.42. The number of hydrogen-bond acceptors (Lipinski definition) is 0. The SMILES string of the molecule is c1ccc2c(c1)Cc1cccc3c4ccccc4n-2c13.c1ccc2c(c1)Cc1ccccc1-2. The van der Waals surface area contributed by atoms with Crippen molar-refractivity contribution >= 4 is 21.8 Å². The molecule has 1 heteroatoms. The predicted molar refractivity (Wildman–Crippen MR) is 138 cm³/mol. The van der Waals surface area contributed by atoms with Crippen molar-refractivity contribution in [1.82, 2.24) is 4.57 Å². The summed E-state index contributed by atoms with van der Waals surface area (Å²) < 4.78 is 2.43. The highest BCUT2D eigenvalue weighted by Crippen LogP contribution is 2.39. The Hall–Kier alpha value is -4.10. The zero-order valence-corrected chi connectivity index (χ0v) is 18.3. The second-order valence-corrected chi connectivity index (χ2v) is 8.96. The smallest absolute Gasteiger partial charge is 0.0576 e. The summed E-state index contributed by atoms with van der Waals surface area (Å²) in [5, 5.41) is 2.72. The highest BCUT2D eigenvalue weighted by Gasteiger charge is 2.21. The summed E-state index contributed by atoms with van der Waals surface area (Å²) in [6, 6.07) is 41.4. The summed E-state index contributed by atoms with van der Waals surface area (Å²) >= 11 is 0. The quantitative estimate of drug-likeness (QED) is 0.234. The van der Waals surface area contributed by atoms with Crippen LogP contribution in [0.1, 0.15) is 22.3 Å². The minimum atomic E-state index is 1.03. The predicted octanol–water partition coefficient (Wildman–Crippen LogP) is 7.95. The monoisotopic (exact) mass is 421 g/mol. The second kappa shape index (κ2) is 7.21. The Morgan fingerprint density at radius 3 is 1.76 bits per heavy atom. The largest absolute Gasteiger partial charge is 0.309 e. The molecule has 1 aliphatic carbocycles. The normalized spacial score (nSPS) is 12.6. The van der Waals surface area contributed by atoms with Crippen LogP contribution < -0.4 is 0 Å². The molecule has 0 saturated heterocycles. The molecule has 2 heterocycles. The van der Waals surface area contributed by atoms with E-state index in [9.17, 15) is 0 Å². The maximum absolute atomic E-state index is 2.43. The van der Waals surface area contributed by atoms with Crippen molar-refractivity contribution in [2.45, 2.75) is 12.8 Å². The summed E-state index contributed by atoms with van der Waals surface area (Å²) in [7, 11) is 0. The number of nitrogens with zero attached hydrogens (tertiary/aromatic N) is 1. The molecular formula is C32H23N. The Balaban J connectivity index is 0.000000127. The number of aromatic nitrogens is 1. The van der Waals surface area contributed by atoms with Crippen molar-refractivity contribution in [1.29, 1.82) is 0 Å². The molecule has 1 aromatic heterocycles. The van der Waals surface area contributed by atoms with Crippen LogP contribution in [0.2, 0.25) is 0 Å². The van der Waals surface area contributed by atoms with Crippen molar-refractivity contribution in [3.05, 3.63) is 138 Å². The van der Waals surface area contributed by atoms with E-state index < -0.39 is 0 Å². The zero-order chi connectivity index (χ0) is 21.8. The molecule has 0 amide bonds. The topological polar surface area (TPSA) is 4.93 Å². The lowest BCUT2D eigenvalue weighted by molar-refractivity contribution is 1.04. The molecule has 8 rings (SSSR count). The standard InChI is InChI=1S/C19H13N.C13H10/c1-3-10-17-13(6-1)12-14-7-5-9-16-15-8-2-4-11-18(15)20(17)19(14)16;1-3-7-12-10(5-1)9-11-6-2-4-8-13(11)12/h1-11H,12H2;1-8H,9H2. The van der Waals surface area contributed by atoms with Gasteiger partial charge in [-0.2, -0.15) is 0 Å². The van der Waals surface area contributed by atoms with Crippen LogP contribution in [0.15, 0.2) is 115 Å². The van der Waals surface area contributed by atoms with Gasteiger partial charge in [0.05, 0.1) is 11.0 Å². The fourth-order valence-electron chi connectivity index (χ4n) is 5.65. The zero-order valence-electron chi connectivity index (χ0n) is 18.3. The number of para-hydroxylation sites is 3. The second-order valence-electron chi connectivity index (χ2n) is 8.96. The van der Waals surface area contributed by atoms with Crippen LogP contribution in [-0.4, -0.2) is 4.57 Å². The van der Waals surface area contributed by atoms with Crippen molar-refractivity contribution in [2.24, 2.45) is 0 Å². The van der Waals surface area contributed by atoms with E-state index in [1.807, 2.05) is 0 Å². The van der Waals surface area contributed by atoms with E-state index in [0.29, 0.717) is 0 Å². The third-order valence-corrected chi connectivity index (χ3v) is 7.10. The lowest BCUT2D eigenvalue weighted by Gasteiger charge is -2.20. The minimum Gasteiger partial charge on any atom is -0.309 e. The lowest BCUT2D eigenvalue weighted by Crippen LogP contribution is -2.07. The van der Waals surface area contributed by atoms with E-state index in [0.717, 1.165) is 12.8 Å². The number of benzene rings is 5. The molecular weight excluding hydrogens is 398 g/mol. The highest BCUT2D eigenvalue weighted by molar-refractivity contribution is 6.11. The molecule has 0 bridgehead atoms. The lowest BCUT2D eigenvalue weighted by atomic mass is 9.98. The number of rotatable bonds is 0. The van der Waals surface area contributed by atoms with Crippen molar-refractivity contribution < 1.29 is 0 Å². The summed E-state index contributed by atoms with van der Waals surface area (Å²) in [5.41, 5.74) is 12.6. The van der Waals surface area contributed by atoms with Gasteiger partial charge >= 0.3 is 0 Å². The third-order valence-electron chi connectivity index (χ3n) is 7.10. The first-order valence-electron chi connectivity index (χ1n) is 11.6. The van der Waals surface area contributed by atoms with E-state index in [-0.39, 0.29) is 0 Å². The molecule has 33 heavy (non-hydrogen) atoms. The van der Waals surface area contributed by atoms with Crippen molar-refractivity contribution in [3.63, 3.8) is 0 Å². The molecule has 156 valence electrons. The van der Waals surface area contributed by atoms with Gasteiger partial charge in [-0.3, -0.25) is 0 Å². The Kier molecular flexibility index (Phi) is 4.04. The van der Waals surface area contributed by atoms with Gasteiger partial charge in [0.15, 0.2) is 0 Å². The first-order valence-corrected chi connectivity index (χ1v) is 11.6. The molecule has 0 spiro atoms. The van der Waals surface area contributed by atoms with E-state index >= 15 is 0 Å². The van der Waals surface area contributed by atoms with Crippen LogP contribution in [0.3, 0.4) is 0 Å². The van der Waals surface area contributed by atoms with Gasteiger partial charge in [0, 0.05) is 22.9 Å². The van der Waals surface area contributed by atoms with Crippen molar-refractivity contribution in [3.8, 4) is 16.8 Å². The first kappa shape index (κ1) is 18.5. The molecule has 0 N–H and O–H groups in total. The van der Waals surface area contributed by atoms with Crippen LogP contribution in [0.4, 0.5) is 0 Å². The van der Waals surface area contributed by atoms with Crippen LogP contribution in [0.25, 0.3) is 38.6 Å². The van der Waals surface area contributed by atoms with Gasteiger partial charge < -0.3 is 4.57 Å². The molecule has 1 aliphatic heterocycles. The molecule has 0 saturated carbocycles. The van der Waals surface area contributed by atoms with Gasteiger partial charge in [-0.05, 0) is 51.9 Å². The van der Waals surface area contributed by atoms with Crippen LogP contribution in [0.5, 0.6) is 0 Å². The van der Waals surface area contributed by atoms with E-state index in [1.165, 1.54) is 60.9 Å². The molecule has 0 unspecified atom stereocenters. The Bertz CT molecular complexity index is 1620. The Morgan fingerprint density at radius 2 is 0.970 bits per heavy atom. The van der Waals surface area contributed by atoms with Gasteiger partial charge in [-0.1, -0.05) is 103 Å². The van der Waals surface area contributed by atoms with Crippen LogP contribution >= 0.6 is 0 Å². The first-order chi connectivity index (χ1) is 16.4. The number of hydrogen-bond donors (Lipinski definition) is 0. The van der Waals surface area contributed by atoms with Crippen LogP contribution in [-0.2, 0) is 12.8 Å². The fraction of sp³-hybridized carbons (Fsp3) is 0.0625. The van der Waals surface area contributed by atoms with Gasteiger partial charge in [0.2, 0.25) is 0 Å². The maximum atomic E-state index is 2.43. The summed E-state index contributed by atoms with van der Waals surface area (Å²) in [4.78, 5) is 0. The molecule has 5 aromatic carbocycles. The summed E-state index contributed by atoms with van der Waals surface area (Å²) in [5.74, 6) is 0. The molecule has 6 aromatic rings. The molecule has 2 aliphatic rings. The van der Waals surface area contributed by atoms with Crippen molar-refractivity contribution in [2.75, 3.05) is 0 Å². The van der Waals surface area contributed by atoms with Gasteiger partial charge in [-0.15, -0.1) is 0 Å². The van der Waals surface area contributed by atoms with Gasteiger partial charge in [0.25, 0.3) is 0 Å².